The molecule has 1 rings (SSSR count). The first-order valence-corrected chi connectivity index (χ1v) is 7.24. The van der Waals surface area contributed by atoms with Gasteiger partial charge in [0.15, 0.2) is 12.4 Å². The van der Waals surface area contributed by atoms with E-state index >= 15 is 0 Å². The van der Waals surface area contributed by atoms with E-state index in [-0.39, 0.29) is 23.8 Å². The molecule has 1 atom stereocenters. The minimum atomic E-state index is -1.37. The highest BCUT2D eigenvalue weighted by Gasteiger charge is 2.28. The fraction of sp³-hybridized carbons (Fsp3) is 0.400. The van der Waals surface area contributed by atoms with Gasteiger partial charge in [0.1, 0.15) is 17.5 Å². The summed E-state index contributed by atoms with van der Waals surface area (Å²) in [7, 11) is 0. The maximum atomic E-state index is 13.9. The highest BCUT2D eigenvalue weighted by molar-refractivity contribution is 6.32. The predicted octanol–water partition coefficient (Wildman–Crippen LogP) is 2.71. The number of carbonyl (C=O) groups is 3. The molecule has 0 spiro atoms. The summed E-state index contributed by atoms with van der Waals surface area (Å²) < 4.78 is 23.7. The molecule has 126 valence electrons. The monoisotopic (exact) mass is 346 g/mol. The second-order valence-electron chi connectivity index (χ2n) is 4.52. The van der Waals surface area contributed by atoms with Crippen molar-refractivity contribution in [2.24, 2.45) is 5.92 Å². The number of rotatable bonds is 8. The molecular formula is C15H16ClFO6. The van der Waals surface area contributed by atoms with E-state index in [1.807, 2.05) is 0 Å². The summed E-state index contributed by atoms with van der Waals surface area (Å²) in [5, 5.41) is 8.85. The Morgan fingerprint density at radius 1 is 1.30 bits per heavy atom. The lowest BCUT2D eigenvalue weighted by atomic mass is 9.95. The van der Waals surface area contributed by atoms with Gasteiger partial charge in [-0.2, -0.15) is 0 Å². The van der Waals surface area contributed by atoms with E-state index in [4.69, 9.17) is 21.4 Å². The third-order valence-corrected chi connectivity index (χ3v) is 3.26. The van der Waals surface area contributed by atoms with Gasteiger partial charge in [-0.05, 0) is 25.5 Å². The maximum absolute atomic E-state index is 13.9. The van der Waals surface area contributed by atoms with Gasteiger partial charge in [0, 0.05) is 0 Å². The van der Waals surface area contributed by atoms with E-state index in [0.29, 0.717) is 0 Å². The summed E-state index contributed by atoms with van der Waals surface area (Å²) in [4.78, 5) is 34.4. The van der Waals surface area contributed by atoms with Crippen LogP contribution in [0.4, 0.5) is 4.39 Å². The molecule has 1 aromatic carbocycles. The Balaban J connectivity index is 3.06. The van der Waals surface area contributed by atoms with Crippen molar-refractivity contribution in [2.75, 3.05) is 13.2 Å². The number of esters is 1. The molecule has 0 saturated carbocycles. The van der Waals surface area contributed by atoms with Crippen molar-refractivity contribution in [2.45, 2.75) is 20.3 Å². The summed E-state index contributed by atoms with van der Waals surface area (Å²) in [6.45, 7) is 2.82. The van der Waals surface area contributed by atoms with Gasteiger partial charge in [0.25, 0.3) is 0 Å². The molecule has 0 amide bonds. The van der Waals surface area contributed by atoms with Gasteiger partial charge in [0.05, 0.1) is 17.2 Å². The van der Waals surface area contributed by atoms with Crippen molar-refractivity contribution in [3.8, 4) is 5.75 Å². The van der Waals surface area contributed by atoms with E-state index in [2.05, 4.69) is 4.74 Å². The summed E-state index contributed by atoms with van der Waals surface area (Å²) in [5.41, 5.74) is -0.456. The van der Waals surface area contributed by atoms with Crippen LogP contribution in [-0.2, 0) is 14.3 Å². The van der Waals surface area contributed by atoms with Gasteiger partial charge in [-0.25, -0.2) is 9.18 Å². The number of hydrogen-bond acceptors (Lipinski definition) is 5. The minimum absolute atomic E-state index is 0.00918. The predicted molar refractivity (Wildman–Crippen MR) is 79.3 cm³/mol. The van der Waals surface area contributed by atoms with E-state index in [1.54, 1.807) is 6.92 Å². The lowest BCUT2D eigenvalue weighted by molar-refractivity contribution is -0.145. The molecule has 0 saturated heterocycles. The average Bonchev–Trinajstić information content (AvgIpc) is 2.46. The van der Waals surface area contributed by atoms with E-state index < -0.39 is 41.6 Å². The third-order valence-electron chi connectivity index (χ3n) is 2.96. The largest absolute Gasteiger partial charge is 0.481 e. The number of carbonyl (C=O) groups excluding carboxylic acids is 2. The summed E-state index contributed by atoms with van der Waals surface area (Å²) in [6.07, 6.45) is 0.00918. The van der Waals surface area contributed by atoms with Gasteiger partial charge < -0.3 is 14.6 Å². The molecule has 0 aromatic heterocycles. The van der Waals surface area contributed by atoms with Crippen LogP contribution in [0.1, 0.15) is 30.6 Å². The number of Topliss-reactive ketones (excluding diaryl/α,β-unsaturated/α-hetero) is 1. The Labute approximate surface area is 137 Å². The van der Waals surface area contributed by atoms with E-state index in [1.165, 1.54) is 6.92 Å². The molecule has 0 aliphatic heterocycles. The van der Waals surface area contributed by atoms with Crippen LogP contribution >= 0.6 is 11.6 Å². The highest BCUT2D eigenvalue weighted by atomic mass is 35.5. The van der Waals surface area contributed by atoms with Crippen molar-refractivity contribution in [1.82, 2.24) is 0 Å². The molecule has 23 heavy (non-hydrogen) atoms. The Kier molecular flexibility index (Phi) is 6.96. The molecule has 0 bridgehead atoms. The first kappa shape index (κ1) is 18.9. The number of ketones is 1. The third kappa shape index (κ3) is 4.92. The number of benzene rings is 1. The van der Waals surface area contributed by atoms with Crippen molar-refractivity contribution >= 4 is 29.3 Å². The minimum Gasteiger partial charge on any atom is -0.481 e. The van der Waals surface area contributed by atoms with Crippen LogP contribution in [0.3, 0.4) is 0 Å². The lowest BCUT2D eigenvalue weighted by Crippen LogP contribution is -2.24. The Morgan fingerprint density at radius 3 is 2.48 bits per heavy atom. The van der Waals surface area contributed by atoms with Gasteiger partial charge in [0.2, 0.25) is 0 Å². The molecule has 0 aliphatic carbocycles. The normalized spacial score (nSPS) is 11.7. The smallest absolute Gasteiger partial charge is 0.344 e. The van der Waals surface area contributed by atoms with Crippen LogP contribution in [0, 0.1) is 11.7 Å². The van der Waals surface area contributed by atoms with Crippen molar-refractivity contribution in [1.29, 1.82) is 0 Å². The zero-order chi connectivity index (χ0) is 17.6. The SMILES string of the molecule is CCOC(=O)COc1cc(C(=O)C(CC)C(=O)O)c(F)cc1Cl. The van der Waals surface area contributed by atoms with Gasteiger partial charge in [-0.15, -0.1) is 0 Å². The van der Waals surface area contributed by atoms with E-state index in [0.717, 1.165) is 12.1 Å². The summed E-state index contributed by atoms with van der Waals surface area (Å²) in [5.74, 6) is -5.33. The molecule has 1 N–H and O–H groups in total. The van der Waals surface area contributed by atoms with Crippen LogP contribution in [0.5, 0.6) is 5.75 Å². The van der Waals surface area contributed by atoms with E-state index in [9.17, 15) is 18.8 Å². The van der Waals surface area contributed by atoms with Gasteiger partial charge in [-0.1, -0.05) is 18.5 Å². The summed E-state index contributed by atoms with van der Waals surface area (Å²) >= 11 is 5.80. The zero-order valence-corrected chi connectivity index (χ0v) is 13.4. The standard InChI is InChI=1S/C15H16ClFO6/c1-3-8(15(20)21)14(19)9-5-12(10(16)6-11(9)17)23-7-13(18)22-4-2/h5-6,8H,3-4,7H2,1-2H3,(H,20,21). The van der Waals surface area contributed by atoms with Crippen LogP contribution in [-0.4, -0.2) is 36.0 Å². The number of carboxylic acid groups (broad SMARTS) is 1. The van der Waals surface area contributed by atoms with Crippen LogP contribution < -0.4 is 4.74 Å². The second kappa shape index (κ2) is 8.47. The first-order chi connectivity index (χ1) is 10.8. The molecule has 6 nitrogen and oxygen atoms in total. The fourth-order valence-electron chi connectivity index (χ4n) is 1.83. The fourth-order valence-corrected chi connectivity index (χ4v) is 2.03. The second-order valence-corrected chi connectivity index (χ2v) is 4.93. The van der Waals surface area contributed by atoms with Crippen LogP contribution in [0.25, 0.3) is 0 Å². The van der Waals surface area contributed by atoms with Crippen molar-refractivity contribution in [3.05, 3.63) is 28.5 Å². The average molecular weight is 347 g/mol. The molecule has 0 heterocycles. The quantitative estimate of drug-likeness (QED) is 0.442. The van der Waals surface area contributed by atoms with Gasteiger partial charge >= 0.3 is 11.9 Å². The maximum Gasteiger partial charge on any atom is 0.344 e. The van der Waals surface area contributed by atoms with Gasteiger partial charge in [-0.3, -0.25) is 9.59 Å². The number of aliphatic carboxylic acids is 1. The lowest BCUT2D eigenvalue weighted by Gasteiger charge is -2.13. The Hall–Kier alpha value is -2.15. The molecule has 0 fully saturated rings. The zero-order valence-electron chi connectivity index (χ0n) is 12.6. The van der Waals surface area contributed by atoms with Crippen LogP contribution in [0.2, 0.25) is 5.02 Å². The molecule has 1 unspecified atom stereocenters. The molecule has 8 heteroatoms. The molecular weight excluding hydrogens is 331 g/mol. The Morgan fingerprint density at radius 2 is 1.96 bits per heavy atom. The van der Waals surface area contributed by atoms with Crippen molar-refractivity contribution < 1.29 is 33.4 Å². The van der Waals surface area contributed by atoms with Crippen molar-refractivity contribution in [3.63, 3.8) is 0 Å². The number of halogens is 2. The number of hydrogen-bond donors (Lipinski definition) is 1. The number of carboxylic acids is 1. The topological polar surface area (TPSA) is 89.9 Å². The molecule has 0 aliphatic rings. The highest BCUT2D eigenvalue weighted by Crippen LogP contribution is 2.29. The first-order valence-electron chi connectivity index (χ1n) is 6.86. The molecule has 0 radical (unpaired) electrons. The summed E-state index contributed by atoms with van der Waals surface area (Å²) in [6, 6.07) is 1.83. The Bertz CT molecular complexity index is 616. The molecule has 1 aromatic rings. The van der Waals surface area contributed by atoms with Crippen LogP contribution in [0.15, 0.2) is 12.1 Å². The number of ether oxygens (including phenoxy) is 2.